The van der Waals surface area contributed by atoms with E-state index in [9.17, 15) is 0 Å². The van der Waals surface area contributed by atoms with Crippen molar-refractivity contribution in [2.45, 2.75) is 20.8 Å². The molecule has 2 rings (SSSR count). The second-order valence-electron chi connectivity index (χ2n) is 3.89. The van der Waals surface area contributed by atoms with E-state index < -0.39 is 0 Å². The minimum Gasteiger partial charge on any atom is -0.405 e. The quantitative estimate of drug-likeness (QED) is 0.622. The minimum atomic E-state index is -0.143. The normalized spacial score (nSPS) is 16.4. The maximum absolute atomic E-state index is 5.52. The largest absolute Gasteiger partial charge is 0.494 e. The lowest BCUT2D eigenvalue weighted by molar-refractivity contribution is 0.365. The van der Waals surface area contributed by atoms with Crippen LogP contribution in [0, 0.1) is 20.8 Å². The van der Waals surface area contributed by atoms with Gasteiger partial charge in [0.2, 0.25) is 0 Å². The zero-order valence-electron chi connectivity index (χ0n) is 8.96. The summed E-state index contributed by atoms with van der Waals surface area (Å²) in [6, 6.07) is 4.35. The second kappa shape index (κ2) is 3.75. The maximum atomic E-state index is 5.52. The molecule has 74 valence electrons. The van der Waals surface area contributed by atoms with E-state index in [-0.39, 0.29) is 7.12 Å². The molecule has 0 bridgehead atoms. The average Bonchev–Trinajstić information content (AvgIpc) is 2.54. The highest BCUT2D eigenvalue weighted by Gasteiger charge is 2.29. The van der Waals surface area contributed by atoms with E-state index in [0.717, 1.165) is 0 Å². The van der Waals surface area contributed by atoms with Gasteiger partial charge in [-0.25, -0.2) is 0 Å². The summed E-state index contributed by atoms with van der Waals surface area (Å²) in [6.07, 6.45) is 0. The molecule has 0 unspecified atom stereocenters. The fourth-order valence-corrected chi connectivity index (χ4v) is 2.09. The molecule has 3 heteroatoms. The number of aryl methyl sites for hydroxylation is 3. The van der Waals surface area contributed by atoms with Gasteiger partial charge in [0.1, 0.15) is 0 Å². The molecule has 0 saturated carbocycles. The van der Waals surface area contributed by atoms with Gasteiger partial charge >= 0.3 is 7.12 Å². The van der Waals surface area contributed by atoms with Gasteiger partial charge in [-0.05, 0) is 26.2 Å². The topological polar surface area (TPSA) is 18.5 Å². The van der Waals surface area contributed by atoms with Crippen LogP contribution in [0.3, 0.4) is 0 Å². The molecule has 1 saturated heterocycles. The van der Waals surface area contributed by atoms with Gasteiger partial charge in [-0.3, -0.25) is 0 Å². The van der Waals surface area contributed by atoms with Crippen LogP contribution in [0.2, 0.25) is 0 Å². The summed E-state index contributed by atoms with van der Waals surface area (Å²) in [6.45, 7) is 7.75. The highest BCUT2D eigenvalue weighted by Crippen LogP contribution is 2.10. The lowest BCUT2D eigenvalue weighted by Crippen LogP contribution is -2.36. The zero-order valence-corrected chi connectivity index (χ0v) is 8.96. The van der Waals surface area contributed by atoms with Crippen LogP contribution in [0.4, 0.5) is 0 Å². The van der Waals surface area contributed by atoms with E-state index in [4.69, 9.17) is 9.31 Å². The molecule has 14 heavy (non-hydrogen) atoms. The van der Waals surface area contributed by atoms with Crippen LogP contribution in [0.1, 0.15) is 16.7 Å². The monoisotopic (exact) mass is 190 g/mol. The summed E-state index contributed by atoms with van der Waals surface area (Å²) in [4.78, 5) is 0. The van der Waals surface area contributed by atoms with Crippen LogP contribution in [0.25, 0.3) is 0 Å². The van der Waals surface area contributed by atoms with Crippen LogP contribution in [-0.4, -0.2) is 20.3 Å². The van der Waals surface area contributed by atoms with E-state index in [1.54, 1.807) is 0 Å². The van der Waals surface area contributed by atoms with Gasteiger partial charge in [-0.1, -0.05) is 28.8 Å². The molecule has 1 fully saturated rings. The highest BCUT2D eigenvalue weighted by atomic mass is 16.6. The van der Waals surface area contributed by atoms with Crippen molar-refractivity contribution in [2.75, 3.05) is 13.2 Å². The van der Waals surface area contributed by atoms with Crippen LogP contribution in [-0.2, 0) is 9.31 Å². The number of hydrogen-bond acceptors (Lipinski definition) is 2. The molecule has 1 aromatic rings. The van der Waals surface area contributed by atoms with E-state index in [1.165, 1.54) is 22.2 Å². The summed E-state index contributed by atoms with van der Waals surface area (Å²) in [5, 5.41) is 0. The standard InChI is InChI=1S/C11H15BO2/c1-8-6-9(2)11(10(3)7-8)12-13-4-5-14-12/h6-7H,4-5H2,1-3H3. The van der Waals surface area contributed by atoms with Gasteiger partial charge in [-0.15, -0.1) is 0 Å². The molecule has 0 aliphatic carbocycles. The summed E-state index contributed by atoms with van der Waals surface area (Å²) in [7, 11) is -0.143. The van der Waals surface area contributed by atoms with Crippen LogP contribution >= 0.6 is 0 Å². The Morgan fingerprint density at radius 1 is 1.00 bits per heavy atom. The van der Waals surface area contributed by atoms with Gasteiger partial charge in [0.15, 0.2) is 0 Å². The molecule has 1 aromatic carbocycles. The summed E-state index contributed by atoms with van der Waals surface area (Å²) >= 11 is 0. The lowest BCUT2D eigenvalue weighted by atomic mass is 9.73. The molecule has 1 aliphatic heterocycles. The summed E-state index contributed by atoms with van der Waals surface area (Å²) in [5.41, 5.74) is 5.01. The molecular formula is C11H15BO2. The molecule has 0 N–H and O–H groups in total. The van der Waals surface area contributed by atoms with Crippen molar-refractivity contribution in [1.29, 1.82) is 0 Å². The number of rotatable bonds is 1. The second-order valence-corrected chi connectivity index (χ2v) is 3.89. The first-order chi connectivity index (χ1) is 6.68. The molecule has 1 heterocycles. The first-order valence-corrected chi connectivity index (χ1v) is 4.99. The van der Waals surface area contributed by atoms with Crippen molar-refractivity contribution in [2.24, 2.45) is 0 Å². The van der Waals surface area contributed by atoms with E-state index in [1.807, 2.05) is 0 Å². The Kier molecular flexibility index (Phi) is 2.61. The van der Waals surface area contributed by atoms with E-state index >= 15 is 0 Å². The molecule has 0 spiro atoms. The van der Waals surface area contributed by atoms with Crippen molar-refractivity contribution >= 4 is 12.6 Å². The first kappa shape index (κ1) is 9.75. The van der Waals surface area contributed by atoms with Crippen molar-refractivity contribution in [3.63, 3.8) is 0 Å². The Balaban J connectivity index is 2.40. The Morgan fingerprint density at radius 3 is 2.00 bits per heavy atom. The third-order valence-corrected chi connectivity index (χ3v) is 2.60. The van der Waals surface area contributed by atoms with Crippen molar-refractivity contribution < 1.29 is 9.31 Å². The molecule has 2 nitrogen and oxygen atoms in total. The zero-order chi connectivity index (χ0) is 10.1. The number of hydrogen-bond donors (Lipinski definition) is 0. The van der Waals surface area contributed by atoms with Gasteiger partial charge in [-0.2, -0.15) is 0 Å². The van der Waals surface area contributed by atoms with Crippen molar-refractivity contribution in [1.82, 2.24) is 0 Å². The molecule has 0 radical (unpaired) electrons. The van der Waals surface area contributed by atoms with E-state index in [2.05, 4.69) is 32.9 Å². The summed E-state index contributed by atoms with van der Waals surface area (Å²) in [5.74, 6) is 0. The highest BCUT2D eigenvalue weighted by molar-refractivity contribution is 6.62. The van der Waals surface area contributed by atoms with E-state index in [0.29, 0.717) is 13.2 Å². The van der Waals surface area contributed by atoms with Crippen LogP contribution in [0.5, 0.6) is 0 Å². The Bertz CT molecular complexity index is 320. The fraction of sp³-hybridized carbons (Fsp3) is 0.455. The predicted octanol–water partition coefficient (Wildman–Crippen LogP) is 1.35. The van der Waals surface area contributed by atoms with Gasteiger partial charge in [0.25, 0.3) is 0 Å². The van der Waals surface area contributed by atoms with Crippen LogP contribution < -0.4 is 5.46 Å². The smallest absolute Gasteiger partial charge is 0.405 e. The molecule has 0 amide bonds. The Hall–Kier alpha value is -0.795. The third-order valence-electron chi connectivity index (χ3n) is 2.60. The summed E-state index contributed by atoms with van der Waals surface area (Å²) < 4.78 is 11.0. The van der Waals surface area contributed by atoms with Gasteiger partial charge in [0.05, 0.1) is 13.2 Å². The number of benzene rings is 1. The first-order valence-electron chi connectivity index (χ1n) is 4.99. The molecule has 1 aliphatic rings. The van der Waals surface area contributed by atoms with Crippen LogP contribution in [0.15, 0.2) is 12.1 Å². The Morgan fingerprint density at radius 2 is 1.50 bits per heavy atom. The average molecular weight is 190 g/mol. The predicted molar refractivity (Wildman–Crippen MR) is 57.9 cm³/mol. The molecular weight excluding hydrogens is 175 g/mol. The third kappa shape index (κ3) is 1.70. The fourth-order valence-electron chi connectivity index (χ4n) is 2.09. The van der Waals surface area contributed by atoms with Gasteiger partial charge in [0, 0.05) is 0 Å². The van der Waals surface area contributed by atoms with Gasteiger partial charge < -0.3 is 9.31 Å². The minimum absolute atomic E-state index is 0.143. The Labute approximate surface area is 85.4 Å². The molecule has 0 aromatic heterocycles. The van der Waals surface area contributed by atoms with Crippen molar-refractivity contribution in [3.05, 3.63) is 28.8 Å². The lowest BCUT2D eigenvalue weighted by Gasteiger charge is -2.12. The van der Waals surface area contributed by atoms with Crippen molar-refractivity contribution in [3.8, 4) is 0 Å². The molecule has 0 atom stereocenters. The SMILES string of the molecule is Cc1cc(C)c(B2OCCO2)c(C)c1. The maximum Gasteiger partial charge on any atom is 0.494 e.